The number of hydrogen-bond acceptors (Lipinski definition) is 4. The molecule has 0 aromatic heterocycles. The number of ether oxygens (including phenoxy) is 3. The van der Waals surface area contributed by atoms with Gasteiger partial charge in [0.05, 0.1) is 20.8 Å². The fourth-order valence-corrected chi connectivity index (χ4v) is 1.46. The molecule has 0 amide bonds. The monoisotopic (exact) mass is 239 g/mol. The van der Waals surface area contributed by atoms with E-state index in [0.717, 1.165) is 36.8 Å². The zero-order valence-electron chi connectivity index (χ0n) is 10.8. The zero-order valence-corrected chi connectivity index (χ0v) is 10.8. The van der Waals surface area contributed by atoms with Crippen molar-refractivity contribution < 1.29 is 14.2 Å². The summed E-state index contributed by atoms with van der Waals surface area (Å²) in [6, 6.07) is 5.76. The van der Waals surface area contributed by atoms with Crippen molar-refractivity contribution in [3.63, 3.8) is 0 Å². The van der Waals surface area contributed by atoms with Gasteiger partial charge in [-0.05, 0) is 18.6 Å². The van der Waals surface area contributed by atoms with E-state index in [9.17, 15) is 0 Å². The fourth-order valence-electron chi connectivity index (χ4n) is 1.46. The van der Waals surface area contributed by atoms with E-state index in [0.29, 0.717) is 6.61 Å². The summed E-state index contributed by atoms with van der Waals surface area (Å²) in [4.78, 5) is 0. The smallest absolute Gasteiger partial charge is 0.162 e. The number of benzene rings is 1. The van der Waals surface area contributed by atoms with E-state index < -0.39 is 0 Å². The predicted molar refractivity (Wildman–Crippen MR) is 69.1 cm³/mol. The molecule has 1 rings (SSSR count). The Balaban J connectivity index is 2.43. The van der Waals surface area contributed by atoms with Crippen LogP contribution in [0.1, 0.15) is 13.3 Å². The molecule has 1 N–H and O–H groups in total. The first-order valence-corrected chi connectivity index (χ1v) is 5.85. The number of hydrogen-bond donors (Lipinski definition) is 1. The second-order valence-corrected chi connectivity index (χ2v) is 3.61. The van der Waals surface area contributed by atoms with Crippen molar-refractivity contribution in [1.29, 1.82) is 0 Å². The van der Waals surface area contributed by atoms with Crippen molar-refractivity contribution in [2.45, 2.75) is 13.3 Å². The van der Waals surface area contributed by atoms with Gasteiger partial charge in [0.15, 0.2) is 11.5 Å². The summed E-state index contributed by atoms with van der Waals surface area (Å²) in [7, 11) is 3.26. The molecule has 4 nitrogen and oxygen atoms in total. The van der Waals surface area contributed by atoms with Crippen LogP contribution in [0, 0.1) is 0 Å². The summed E-state index contributed by atoms with van der Waals surface area (Å²) in [6.45, 7) is 4.41. The molecule has 0 aliphatic carbocycles. The van der Waals surface area contributed by atoms with E-state index in [1.165, 1.54) is 0 Å². The summed E-state index contributed by atoms with van der Waals surface area (Å²) in [5, 5.41) is 3.27. The number of rotatable bonds is 8. The van der Waals surface area contributed by atoms with E-state index in [1.54, 1.807) is 14.2 Å². The van der Waals surface area contributed by atoms with Gasteiger partial charge in [-0.25, -0.2) is 0 Å². The van der Waals surface area contributed by atoms with Crippen molar-refractivity contribution >= 4 is 5.69 Å². The van der Waals surface area contributed by atoms with Gasteiger partial charge in [0.25, 0.3) is 0 Å². The Kier molecular flexibility index (Phi) is 6.25. The summed E-state index contributed by atoms with van der Waals surface area (Å²) in [6.07, 6.45) is 1.05. The fraction of sp³-hybridized carbons (Fsp3) is 0.538. The summed E-state index contributed by atoms with van der Waals surface area (Å²) < 4.78 is 15.8. The van der Waals surface area contributed by atoms with E-state index >= 15 is 0 Å². The third-order valence-corrected chi connectivity index (χ3v) is 2.31. The highest BCUT2D eigenvalue weighted by Crippen LogP contribution is 2.29. The SMILES string of the molecule is CCCOCCNc1ccc(OC)c(OC)c1. The number of methoxy groups -OCH3 is 2. The molecule has 1 aromatic rings. The minimum absolute atomic E-state index is 0.711. The lowest BCUT2D eigenvalue weighted by molar-refractivity contribution is 0.144. The lowest BCUT2D eigenvalue weighted by atomic mass is 10.2. The Bertz CT molecular complexity index is 328. The molecule has 0 fully saturated rings. The Morgan fingerprint density at radius 2 is 1.82 bits per heavy atom. The van der Waals surface area contributed by atoms with E-state index in [4.69, 9.17) is 14.2 Å². The molecule has 0 radical (unpaired) electrons. The van der Waals surface area contributed by atoms with Crippen LogP contribution in [0.15, 0.2) is 18.2 Å². The minimum Gasteiger partial charge on any atom is -0.493 e. The lowest BCUT2D eigenvalue weighted by Crippen LogP contribution is -2.09. The maximum absolute atomic E-state index is 5.39. The van der Waals surface area contributed by atoms with Gasteiger partial charge in [-0.1, -0.05) is 6.92 Å². The molecule has 17 heavy (non-hydrogen) atoms. The van der Waals surface area contributed by atoms with E-state index in [1.807, 2.05) is 18.2 Å². The highest BCUT2D eigenvalue weighted by atomic mass is 16.5. The highest BCUT2D eigenvalue weighted by molar-refractivity contribution is 5.54. The minimum atomic E-state index is 0.711. The standard InChI is InChI=1S/C13H21NO3/c1-4-8-17-9-7-14-11-5-6-12(15-2)13(10-11)16-3/h5-6,10,14H,4,7-9H2,1-3H3. The lowest BCUT2D eigenvalue weighted by Gasteiger charge is -2.11. The average molecular weight is 239 g/mol. The summed E-state index contributed by atoms with van der Waals surface area (Å²) in [5.41, 5.74) is 1.00. The van der Waals surface area contributed by atoms with Crippen LogP contribution in [0.4, 0.5) is 5.69 Å². The van der Waals surface area contributed by atoms with Crippen LogP contribution >= 0.6 is 0 Å². The normalized spacial score (nSPS) is 10.1. The van der Waals surface area contributed by atoms with Gasteiger partial charge >= 0.3 is 0 Å². The van der Waals surface area contributed by atoms with Crippen LogP contribution in [-0.4, -0.2) is 34.0 Å². The maximum Gasteiger partial charge on any atom is 0.162 e. The average Bonchev–Trinajstić information content (AvgIpc) is 2.38. The second-order valence-electron chi connectivity index (χ2n) is 3.61. The topological polar surface area (TPSA) is 39.7 Å². The van der Waals surface area contributed by atoms with Crippen molar-refractivity contribution in [2.75, 3.05) is 39.3 Å². The first-order valence-electron chi connectivity index (χ1n) is 5.85. The van der Waals surface area contributed by atoms with Gasteiger partial charge in [-0.15, -0.1) is 0 Å². The number of nitrogens with one attached hydrogen (secondary N) is 1. The second kappa shape index (κ2) is 7.79. The summed E-state index contributed by atoms with van der Waals surface area (Å²) >= 11 is 0. The van der Waals surface area contributed by atoms with Crippen molar-refractivity contribution in [1.82, 2.24) is 0 Å². The van der Waals surface area contributed by atoms with Crippen LogP contribution < -0.4 is 14.8 Å². The Labute approximate surface area is 103 Å². The van der Waals surface area contributed by atoms with Crippen LogP contribution in [-0.2, 0) is 4.74 Å². The third kappa shape index (κ3) is 4.53. The molecule has 0 spiro atoms. The molecule has 0 atom stereocenters. The first kappa shape index (κ1) is 13.6. The number of anilines is 1. The van der Waals surface area contributed by atoms with Crippen LogP contribution in [0.2, 0.25) is 0 Å². The van der Waals surface area contributed by atoms with Gasteiger partial charge < -0.3 is 19.5 Å². The predicted octanol–water partition coefficient (Wildman–Crippen LogP) is 2.54. The van der Waals surface area contributed by atoms with Gasteiger partial charge in [-0.3, -0.25) is 0 Å². The Morgan fingerprint density at radius 3 is 2.47 bits per heavy atom. The Morgan fingerprint density at radius 1 is 1.06 bits per heavy atom. The van der Waals surface area contributed by atoms with Crippen molar-refractivity contribution in [3.05, 3.63) is 18.2 Å². The molecule has 96 valence electrons. The van der Waals surface area contributed by atoms with E-state index in [-0.39, 0.29) is 0 Å². The Hall–Kier alpha value is -1.42. The molecule has 0 saturated carbocycles. The zero-order chi connectivity index (χ0) is 12.5. The van der Waals surface area contributed by atoms with Crippen LogP contribution in [0.25, 0.3) is 0 Å². The van der Waals surface area contributed by atoms with Crippen LogP contribution in [0.5, 0.6) is 11.5 Å². The molecule has 0 saturated heterocycles. The van der Waals surface area contributed by atoms with Gasteiger partial charge in [0, 0.05) is 24.9 Å². The van der Waals surface area contributed by atoms with Crippen LogP contribution in [0.3, 0.4) is 0 Å². The molecule has 0 aliphatic rings. The first-order chi connectivity index (χ1) is 8.31. The quantitative estimate of drug-likeness (QED) is 0.708. The van der Waals surface area contributed by atoms with Crippen molar-refractivity contribution in [2.24, 2.45) is 0 Å². The summed E-state index contributed by atoms with van der Waals surface area (Å²) in [5.74, 6) is 1.47. The highest BCUT2D eigenvalue weighted by Gasteiger charge is 2.03. The third-order valence-electron chi connectivity index (χ3n) is 2.31. The molecule has 0 bridgehead atoms. The molecule has 0 aliphatic heterocycles. The molecule has 0 heterocycles. The van der Waals surface area contributed by atoms with Crippen molar-refractivity contribution in [3.8, 4) is 11.5 Å². The molecular formula is C13H21NO3. The molecular weight excluding hydrogens is 218 g/mol. The van der Waals surface area contributed by atoms with Gasteiger partial charge in [0.1, 0.15) is 0 Å². The molecule has 1 aromatic carbocycles. The maximum atomic E-state index is 5.39. The van der Waals surface area contributed by atoms with Gasteiger partial charge in [0.2, 0.25) is 0 Å². The molecule has 0 unspecified atom stereocenters. The van der Waals surface area contributed by atoms with E-state index in [2.05, 4.69) is 12.2 Å². The molecule has 4 heteroatoms. The van der Waals surface area contributed by atoms with Gasteiger partial charge in [-0.2, -0.15) is 0 Å². The largest absolute Gasteiger partial charge is 0.493 e.